The number of aliphatic imine (C=N–C) groups is 1. The lowest BCUT2D eigenvalue weighted by Gasteiger charge is -2.10. The van der Waals surface area contributed by atoms with Crippen LogP contribution in [0.3, 0.4) is 0 Å². The van der Waals surface area contributed by atoms with Crippen molar-refractivity contribution < 1.29 is 9.50 Å². The molecule has 0 aliphatic heterocycles. The Morgan fingerprint density at radius 2 is 2.29 bits per heavy atom. The molecule has 0 aromatic heterocycles. The molecule has 1 unspecified atom stereocenters. The van der Waals surface area contributed by atoms with Crippen molar-refractivity contribution in [1.29, 1.82) is 0 Å². The van der Waals surface area contributed by atoms with E-state index in [-0.39, 0.29) is 18.1 Å². The molecule has 4 nitrogen and oxygen atoms in total. The van der Waals surface area contributed by atoms with Crippen LogP contribution in [0.15, 0.2) is 41.9 Å². The Kier molecular flexibility index (Phi) is 5.16. The standard InChI is InChI=1S/C12H16FN3O/c1-2-7-15-12(14)16-8-11(17)9-5-3-4-6-10(9)13/h2-6,11,17H,1,7-8H2,(H3,14,15,16). The van der Waals surface area contributed by atoms with Crippen LogP contribution in [-0.4, -0.2) is 24.2 Å². The summed E-state index contributed by atoms with van der Waals surface area (Å²) in [6.45, 7) is 4.02. The number of rotatable bonds is 5. The van der Waals surface area contributed by atoms with Crippen molar-refractivity contribution in [3.63, 3.8) is 0 Å². The van der Waals surface area contributed by atoms with Gasteiger partial charge in [0.25, 0.3) is 0 Å². The van der Waals surface area contributed by atoms with Gasteiger partial charge in [-0.15, -0.1) is 6.58 Å². The van der Waals surface area contributed by atoms with Gasteiger partial charge in [0.2, 0.25) is 0 Å². The van der Waals surface area contributed by atoms with Gasteiger partial charge in [-0.3, -0.25) is 4.99 Å². The molecule has 0 saturated carbocycles. The zero-order chi connectivity index (χ0) is 12.7. The predicted octanol–water partition coefficient (Wildman–Crippen LogP) is 0.949. The maximum atomic E-state index is 13.3. The van der Waals surface area contributed by atoms with E-state index in [4.69, 9.17) is 5.73 Å². The van der Waals surface area contributed by atoms with Crippen molar-refractivity contribution in [2.24, 2.45) is 10.7 Å². The van der Waals surface area contributed by atoms with E-state index in [0.717, 1.165) is 0 Å². The van der Waals surface area contributed by atoms with Crippen molar-refractivity contribution in [3.8, 4) is 0 Å². The second kappa shape index (κ2) is 6.65. The van der Waals surface area contributed by atoms with Gasteiger partial charge >= 0.3 is 0 Å². The van der Waals surface area contributed by atoms with Gasteiger partial charge in [-0.05, 0) is 6.07 Å². The first-order valence-corrected chi connectivity index (χ1v) is 5.22. The second-order valence-electron chi connectivity index (χ2n) is 3.43. The Bertz CT molecular complexity index is 406. The molecule has 5 heteroatoms. The minimum atomic E-state index is -1.000. The minimum Gasteiger partial charge on any atom is -0.386 e. The van der Waals surface area contributed by atoms with Crippen LogP contribution in [0.25, 0.3) is 0 Å². The average Bonchev–Trinajstić information content (AvgIpc) is 2.34. The lowest BCUT2D eigenvalue weighted by atomic mass is 10.1. The largest absolute Gasteiger partial charge is 0.386 e. The molecule has 1 atom stereocenters. The maximum Gasteiger partial charge on any atom is 0.188 e. The summed E-state index contributed by atoms with van der Waals surface area (Å²) in [4.78, 5) is 3.90. The fourth-order valence-electron chi connectivity index (χ4n) is 1.26. The molecular weight excluding hydrogens is 221 g/mol. The van der Waals surface area contributed by atoms with Crippen LogP contribution in [0.4, 0.5) is 4.39 Å². The third-order valence-electron chi connectivity index (χ3n) is 2.13. The second-order valence-corrected chi connectivity index (χ2v) is 3.43. The van der Waals surface area contributed by atoms with Gasteiger partial charge in [0, 0.05) is 12.1 Å². The number of nitrogens with zero attached hydrogens (tertiary/aromatic N) is 1. The molecule has 0 spiro atoms. The molecule has 1 rings (SSSR count). The molecular formula is C12H16FN3O. The molecule has 1 aromatic carbocycles. The highest BCUT2D eigenvalue weighted by Crippen LogP contribution is 2.16. The van der Waals surface area contributed by atoms with Crippen molar-refractivity contribution in [2.45, 2.75) is 6.10 Å². The number of nitrogens with one attached hydrogen (secondary N) is 1. The fraction of sp³-hybridized carbons (Fsp3) is 0.250. The Morgan fingerprint density at radius 3 is 2.94 bits per heavy atom. The van der Waals surface area contributed by atoms with Crippen LogP contribution < -0.4 is 11.1 Å². The Morgan fingerprint density at radius 1 is 1.59 bits per heavy atom. The highest BCUT2D eigenvalue weighted by atomic mass is 19.1. The van der Waals surface area contributed by atoms with Crippen molar-refractivity contribution >= 4 is 5.96 Å². The summed E-state index contributed by atoms with van der Waals surface area (Å²) in [5.74, 6) is -0.256. The van der Waals surface area contributed by atoms with Crippen LogP contribution >= 0.6 is 0 Å². The topological polar surface area (TPSA) is 70.6 Å². The number of hydrogen-bond donors (Lipinski definition) is 3. The van der Waals surface area contributed by atoms with Gasteiger partial charge in [0.15, 0.2) is 5.96 Å². The molecule has 0 aliphatic rings. The van der Waals surface area contributed by atoms with Gasteiger partial charge in [0.1, 0.15) is 11.9 Å². The van der Waals surface area contributed by atoms with Gasteiger partial charge in [0.05, 0.1) is 6.54 Å². The lowest BCUT2D eigenvalue weighted by molar-refractivity contribution is 0.182. The third kappa shape index (κ3) is 4.24. The first-order valence-electron chi connectivity index (χ1n) is 5.22. The highest BCUT2D eigenvalue weighted by molar-refractivity contribution is 5.77. The summed E-state index contributed by atoms with van der Waals surface area (Å²) in [5.41, 5.74) is 5.73. The average molecular weight is 237 g/mol. The van der Waals surface area contributed by atoms with E-state index < -0.39 is 11.9 Å². The summed E-state index contributed by atoms with van der Waals surface area (Å²) < 4.78 is 13.3. The van der Waals surface area contributed by atoms with Crippen molar-refractivity contribution in [1.82, 2.24) is 5.32 Å². The van der Waals surface area contributed by atoms with Crippen LogP contribution in [0.2, 0.25) is 0 Å². The third-order valence-corrected chi connectivity index (χ3v) is 2.13. The van der Waals surface area contributed by atoms with Crippen LogP contribution in [0, 0.1) is 5.82 Å². The molecule has 0 fully saturated rings. The van der Waals surface area contributed by atoms with Crippen molar-refractivity contribution in [2.75, 3.05) is 13.1 Å². The highest BCUT2D eigenvalue weighted by Gasteiger charge is 2.11. The van der Waals surface area contributed by atoms with Crippen LogP contribution in [0.1, 0.15) is 11.7 Å². The van der Waals surface area contributed by atoms with E-state index in [9.17, 15) is 9.50 Å². The number of nitrogens with two attached hydrogens (primary N) is 1. The number of aliphatic hydroxyl groups excluding tert-OH is 1. The minimum absolute atomic E-state index is 0.0108. The number of aliphatic hydroxyl groups is 1. The molecule has 1 aromatic rings. The normalized spacial score (nSPS) is 13.2. The van der Waals surface area contributed by atoms with E-state index in [0.29, 0.717) is 6.54 Å². The monoisotopic (exact) mass is 237 g/mol. The molecule has 0 saturated heterocycles. The molecule has 0 radical (unpaired) electrons. The van der Waals surface area contributed by atoms with Crippen molar-refractivity contribution in [3.05, 3.63) is 48.3 Å². The van der Waals surface area contributed by atoms with Gasteiger partial charge in [-0.1, -0.05) is 24.3 Å². The molecule has 0 aliphatic carbocycles. The molecule has 0 bridgehead atoms. The van der Waals surface area contributed by atoms with Gasteiger partial charge in [-0.2, -0.15) is 0 Å². The zero-order valence-corrected chi connectivity index (χ0v) is 9.44. The lowest BCUT2D eigenvalue weighted by Crippen LogP contribution is -2.32. The van der Waals surface area contributed by atoms with E-state index in [2.05, 4.69) is 16.9 Å². The molecule has 17 heavy (non-hydrogen) atoms. The molecule has 92 valence electrons. The summed E-state index contributed by atoms with van der Waals surface area (Å²) >= 11 is 0. The van der Waals surface area contributed by atoms with Gasteiger partial charge < -0.3 is 16.2 Å². The first-order chi connectivity index (χ1) is 8.15. The van der Waals surface area contributed by atoms with Crippen LogP contribution in [-0.2, 0) is 0 Å². The quantitative estimate of drug-likeness (QED) is 0.405. The van der Waals surface area contributed by atoms with Crippen LogP contribution in [0.5, 0.6) is 0 Å². The first kappa shape index (κ1) is 13.2. The Hall–Kier alpha value is -1.88. The summed E-state index contributed by atoms with van der Waals surface area (Å²) in [6.07, 6.45) is 0.635. The van der Waals surface area contributed by atoms with Gasteiger partial charge in [-0.25, -0.2) is 4.39 Å². The predicted molar refractivity (Wildman–Crippen MR) is 66.0 cm³/mol. The number of benzene rings is 1. The maximum absolute atomic E-state index is 13.3. The zero-order valence-electron chi connectivity index (χ0n) is 9.44. The number of guanidine groups is 1. The van der Waals surface area contributed by atoms with E-state index in [1.807, 2.05) is 0 Å². The van der Waals surface area contributed by atoms with E-state index in [1.165, 1.54) is 12.1 Å². The van der Waals surface area contributed by atoms with E-state index in [1.54, 1.807) is 18.2 Å². The molecule has 0 heterocycles. The fourth-order valence-corrected chi connectivity index (χ4v) is 1.26. The molecule has 4 N–H and O–H groups in total. The van der Waals surface area contributed by atoms with E-state index >= 15 is 0 Å². The number of halogens is 1. The SMILES string of the molecule is C=CCNC(N)=NCC(O)c1ccccc1F. The smallest absolute Gasteiger partial charge is 0.188 e. The number of hydrogen-bond acceptors (Lipinski definition) is 2. The summed E-state index contributed by atoms with van der Waals surface area (Å²) in [6, 6.07) is 6.03. The molecule has 0 amide bonds. The summed E-state index contributed by atoms with van der Waals surface area (Å²) in [7, 11) is 0. The Labute approximate surface area is 99.7 Å². The Balaban J connectivity index is 2.58. The summed E-state index contributed by atoms with van der Waals surface area (Å²) in [5, 5.41) is 12.5.